The summed E-state index contributed by atoms with van der Waals surface area (Å²) in [5.74, 6) is 0. The standard InChI is InChI=1S/C15H24N2O/c1-11-5-6-14(12(2)7-11)17-10-15(3,4)16-8-13(17)9-18/h5-7,13,16,18H,8-10H2,1-4H3. The van der Waals surface area contributed by atoms with Gasteiger partial charge in [-0.1, -0.05) is 17.7 Å². The lowest BCUT2D eigenvalue weighted by Crippen LogP contribution is -2.63. The van der Waals surface area contributed by atoms with E-state index in [-0.39, 0.29) is 18.2 Å². The molecular weight excluding hydrogens is 224 g/mol. The molecule has 0 amide bonds. The largest absolute Gasteiger partial charge is 0.394 e. The predicted octanol–water partition coefficient (Wildman–Crippen LogP) is 1.85. The smallest absolute Gasteiger partial charge is 0.0647 e. The van der Waals surface area contributed by atoms with Crippen LogP contribution in [0.1, 0.15) is 25.0 Å². The van der Waals surface area contributed by atoms with Gasteiger partial charge in [-0.3, -0.25) is 0 Å². The first kappa shape index (κ1) is 13.4. The topological polar surface area (TPSA) is 35.5 Å². The first-order valence-electron chi connectivity index (χ1n) is 6.63. The summed E-state index contributed by atoms with van der Waals surface area (Å²) in [7, 11) is 0. The first-order chi connectivity index (χ1) is 8.43. The number of piperazine rings is 1. The van der Waals surface area contributed by atoms with Crippen molar-refractivity contribution < 1.29 is 5.11 Å². The number of hydrogen-bond acceptors (Lipinski definition) is 3. The molecule has 0 bridgehead atoms. The molecule has 0 spiro atoms. The van der Waals surface area contributed by atoms with E-state index in [0.717, 1.165) is 13.1 Å². The highest BCUT2D eigenvalue weighted by Gasteiger charge is 2.32. The van der Waals surface area contributed by atoms with Crippen LogP contribution in [0, 0.1) is 13.8 Å². The predicted molar refractivity (Wildman–Crippen MR) is 76.2 cm³/mol. The zero-order chi connectivity index (χ0) is 13.3. The molecule has 3 heteroatoms. The minimum Gasteiger partial charge on any atom is -0.394 e. The average molecular weight is 248 g/mol. The van der Waals surface area contributed by atoms with E-state index in [0.29, 0.717) is 0 Å². The number of aliphatic hydroxyl groups is 1. The third-order valence-electron chi connectivity index (χ3n) is 3.70. The summed E-state index contributed by atoms with van der Waals surface area (Å²) in [5.41, 5.74) is 3.90. The van der Waals surface area contributed by atoms with Gasteiger partial charge in [-0.2, -0.15) is 0 Å². The van der Waals surface area contributed by atoms with Crippen LogP contribution >= 0.6 is 0 Å². The van der Waals surface area contributed by atoms with Crippen LogP contribution in [0.2, 0.25) is 0 Å². The quantitative estimate of drug-likeness (QED) is 0.838. The van der Waals surface area contributed by atoms with Crippen molar-refractivity contribution in [3.8, 4) is 0 Å². The van der Waals surface area contributed by atoms with Gasteiger partial charge in [0.15, 0.2) is 0 Å². The number of anilines is 1. The number of rotatable bonds is 2. The van der Waals surface area contributed by atoms with Crippen LogP contribution in [0.3, 0.4) is 0 Å². The zero-order valence-corrected chi connectivity index (χ0v) is 11.8. The highest BCUT2D eigenvalue weighted by molar-refractivity contribution is 5.56. The Bertz CT molecular complexity index is 429. The minimum atomic E-state index is 0.0863. The molecular formula is C15H24N2O. The number of aliphatic hydroxyl groups excluding tert-OH is 1. The third kappa shape index (κ3) is 2.68. The van der Waals surface area contributed by atoms with Gasteiger partial charge in [0.1, 0.15) is 0 Å². The second kappa shape index (κ2) is 4.90. The molecule has 2 N–H and O–H groups in total. The molecule has 1 aromatic carbocycles. The first-order valence-corrected chi connectivity index (χ1v) is 6.63. The Labute approximate surface area is 110 Å². The zero-order valence-electron chi connectivity index (χ0n) is 11.8. The van der Waals surface area contributed by atoms with Crippen molar-refractivity contribution in [3.63, 3.8) is 0 Å². The molecule has 18 heavy (non-hydrogen) atoms. The van der Waals surface area contributed by atoms with E-state index in [2.05, 4.69) is 56.1 Å². The summed E-state index contributed by atoms with van der Waals surface area (Å²) >= 11 is 0. The fourth-order valence-electron chi connectivity index (χ4n) is 2.69. The van der Waals surface area contributed by atoms with E-state index in [1.165, 1.54) is 16.8 Å². The van der Waals surface area contributed by atoms with Gasteiger partial charge in [0.2, 0.25) is 0 Å². The van der Waals surface area contributed by atoms with Gasteiger partial charge < -0.3 is 15.3 Å². The van der Waals surface area contributed by atoms with Crippen molar-refractivity contribution >= 4 is 5.69 Å². The summed E-state index contributed by atoms with van der Waals surface area (Å²) in [6, 6.07) is 6.69. The molecule has 1 aliphatic heterocycles. The van der Waals surface area contributed by atoms with Gasteiger partial charge in [0, 0.05) is 24.3 Å². The molecule has 0 saturated carbocycles. The van der Waals surface area contributed by atoms with E-state index in [4.69, 9.17) is 0 Å². The Hall–Kier alpha value is -1.06. The van der Waals surface area contributed by atoms with Crippen molar-refractivity contribution in [1.82, 2.24) is 5.32 Å². The Morgan fingerprint density at radius 1 is 1.39 bits per heavy atom. The Morgan fingerprint density at radius 2 is 2.11 bits per heavy atom. The van der Waals surface area contributed by atoms with Crippen LogP contribution in [0.15, 0.2) is 18.2 Å². The average Bonchev–Trinajstić information content (AvgIpc) is 2.28. The minimum absolute atomic E-state index is 0.0863. The SMILES string of the molecule is Cc1ccc(N2CC(C)(C)NCC2CO)c(C)c1. The molecule has 1 heterocycles. The fourth-order valence-corrected chi connectivity index (χ4v) is 2.69. The van der Waals surface area contributed by atoms with Gasteiger partial charge in [0.25, 0.3) is 0 Å². The van der Waals surface area contributed by atoms with Crippen LogP contribution in [-0.2, 0) is 0 Å². The molecule has 1 aromatic rings. The van der Waals surface area contributed by atoms with Crippen LogP contribution < -0.4 is 10.2 Å². The Kier molecular flexibility index (Phi) is 3.64. The maximum atomic E-state index is 9.56. The molecule has 1 atom stereocenters. The molecule has 3 nitrogen and oxygen atoms in total. The summed E-state index contributed by atoms with van der Waals surface area (Å²) in [4.78, 5) is 2.34. The van der Waals surface area contributed by atoms with Crippen LogP contribution in [0.25, 0.3) is 0 Å². The van der Waals surface area contributed by atoms with Gasteiger partial charge in [0.05, 0.1) is 12.6 Å². The molecule has 1 aliphatic rings. The lowest BCUT2D eigenvalue weighted by molar-refractivity contribution is 0.214. The number of nitrogens with zero attached hydrogens (tertiary/aromatic N) is 1. The maximum absolute atomic E-state index is 9.56. The third-order valence-corrected chi connectivity index (χ3v) is 3.70. The lowest BCUT2D eigenvalue weighted by Gasteiger charge is -2.45. The summed E-state index contributed by atoms with van der Waals surface area (Å²) < 4.78 is 0. The van der Waals surface area contributed by atoms with E-state index in [1.807, 2.05) is 0 Å². The molecule has 100 valence electrons. The molecule has 0 aromatic heterocycles. The fraction of sp³-hybridized carbons (Fsp3) is 0.600. The summed E-state index contributed by atoms with van der Waals surface area (Å²) in [5, 5.41) is 13.0. The van der Waals surface area contributed by atoms with Crippen molar-refractivity contribution in [2.24, 2.45) is 0 Å². The van der Waals surface area contributed by atoms with E-state index < -0.39 is 0 Å². The lowest BCUT2D eigenvalue weighted by atomic mass is 9.97. The van der Waals surface area contributed by atoms with Crippen LogP contribution in [0.5, 0.6) is 0 Å². The molecule has 0 radical (unpaired) electrons. The highest BCUT2D eigenvalue weighted by Crippen LogP contribution is 2.27. The highest BCUT2D eigenvalue weighted by atomic mass is 16.3. The second-order valence-corrected chi connectivity index (χ2v) is 6.02. The van der Waals surface area contributed by atoms with Gasteiger partial charge in [-0.25, -0.2) is 0 Å². The van der Waals surface area contributed by atoms with Crippen molar-refractivity contribution in [1.29, 1.82) is 0 Å². The monoisotopic (exact) mass is 248 g/mol. The van der Waals surface area contributed by atoms with Gasteiger partial charge in [-0.05, 0) is 39.3 Å². The summed E-state index contributed by atoms with van der Waals surface area (Å²) in [6.07, 6.45) is 0. The van der Waals surface area contributed by atoms with E-state index in [9.17, 15) is 5.11 Å². The van der Waals surface area contributed by atoms with Crippen molar-refractivity contribution in [3.05, 3.63) is 29.3 Å². The van der Waals surface area contributed by atoms with Crippen LogP contribution in [0.4, 0.5) is 5.69 Å². The van der Waals surface area contributed by atoms with Crippen molar-refractivity contribution in [2.75, 3.05) is 24.6 Å². The number of hydrogen-bond donors (Lipinski definition) is 2. The maximum Gasteiger partial charge on any atom is 0.0647 e. The number of nitrogens with one attached hydrogen (secondary N) is 1. The Balaban J connectivity index is 2.32. The number of aryl methyl sites for hydroxylation is 2. The van der Waals surface area contributed by atoms with E-state index in [1.54, 1.807) is 0 Å². The normalized spacial score (nSPS) is 23.2. The summed E-state index contributed by atoms with van der Waals surface area (Å²) in [6.45, 7) is 10.6. The molecule has 0 aliphatic carbocycles. The van der Waals surface area contributed by atoms with Gasteiger partial charge >= 0.3 is 0 Å². The molecule has 1 unspecified atom stereocenters. The van der Waals surface area contributed by atoms with Crippen LogP contribution in [-0.4, -0.2) is 36.4 Å². The molecule has 1 fully saturated rings. The molecule has 1 saturated heterocycles. The molecule has 2 rings (SSSR count). The van der Waals surface area contributed by atoms with Gasteiger partial charge in [-0.15, -0.1) is 0 Å². The Morgan fingerprint density at radius 3 is 2.72 bits per heavy atom. The second-order valence-electron chi connectivity index (χ2n) is 6.02. The number of benzene rings is 1. The van der Waals surface area contributed by atoms with E-state index >= 15 is 0 Å². The van der Waals surface area contributed by atoms with Crippen molar-refractivity contribution in [2.45, 2.75) is 39.3 Å².